The highest BCUT2D eigenvalue weighted by Crippen LogP contribution is 2.70. The molecule has 0 amide bonds. The quantitative estimate of drug-likeness (QED) is 0.424. The molecule has 0 saturated heterocycles. The molecule has 1 heteroatoms. The lowest BCUT2D eigenvalue weighted by Crippen LogP contribution is -2.34. The van der Waals surface area contributed by atoms with E-state index in [2.05, 4.69) is 46.9 Å². The van der Waals surface area contributed by atoms with Gasteiger partial charge in [-0.1, -0.05) is 86.5 Å². The van der Waals surface area contributed by atoms with Crippen molar-refractivity contribution in [3.63, 3.8) is 0 Å². The smallest absolute Gasteiger partial charge is 0.0106 e. The SMILES string of the molecule is CCCCCCCCCC(NCCC)C1C(C)(C)C1(C)C. The van der Waals surface area contributed by atoms with E-state index in [1.165, 1.54) is 64.3 Å². The topological polar surface area (TPSA) is 12.0 Å². The van der Waals surface area contributed by atoms with Crippen molar-refractivity contribution in [2.24, 2.45) is 16.7 Å². The Kier molecular flexibility index (Phi) is 7.74. The molecule has 1 N–H and O–H groups in total. The van der Waals surface area contributed by atoms with Gasteiger partial charge in [0.2, 0.25) is 0 Å². The summed E-state index contributed by atoms with van der Waals surface area (Å²) in [6, 6.07) is 0.741. The maximum Gasteiger partial charge on any atom is 0.0106 e. The fraction of sp³-hybridized carbons (Fsp3) is 1.00. The number of hydrogen-bond donors (Lipinski definition) is 1. The fourth-order valence-corrected chi connectivity index (χ4v) is 4.29. The van der Waals surface area contributed by atoms with Crippen LogP contribution >= 0.6 is 0 Å². The fourth-order valence-electron chi connectivity index (χ4n) is 4.29. The number of hydrogen-bond acceptors (Lipinski definition) is 1. The summed E-state index contributed by atoms with van der Waals surface area (Å²) >= 11 is 0. The molecule has 1 unspecified atom stereocenters. The van der Waals surface area contributed by atoms with E-state index in [1.54, 1.807) is 0 Å². The van der Waals surface area contributed by atoms with E-state index < -0.39 is 0 Å². The Balaban J connectivity index is 2.29. The van der Waals surface area contributed by atoms with E-state index in [9.17, 15) is 0 Å². The summed E-state index contributed by atoms with van der Waals surface area (Å²) in [5.74, 6) is 0.858. The van der Waals surface area contributed by atoms with Crippen molar-refractivity contribution >= 4 is 0 Å². The summed E-state index contributed by atoms with van der Waals surface area (Å²) in [4.78, 5) is 0. The van der Waals surface area contributed by atoms with Crippen LogP contribution in [-0.4, -0.2) is 12.6 Å². The maximum atomic E-state index is 3.85. The van der Waals surface area contributed by atoms with Crippen molar-refractivity contribution in [1.82, 2.24) is 5.32 Å². The number of rotatable bonds is 12. The lowest BCUT2D eigenvalue weighted by atomic mass is 9.97. The van der Waals surface area contributed by atoms with Crippen LogP contribution in [-0.2, 0) is 0 Å². The minimum absolute atomic E-state index is 0.513. The van der Waals surface area contributed by atoms with E-state index in [0.29, 0.717) is 10.8 Å². The molecule has 0 bridgehead atoms. The Morgan fingerprint density at radius 2 is 1.29 bits per heavy atom. The van der Waals surface area contributed by atoms with Crippen LogP contribution < -0.4 is 5.32 Å². The molecule has 21 heavy (non-hydrogen) atoms. The third kappa shape index (κ3) is 4.98. The lowest BCUT2D eigenvalue weighted by molar-refractivity contribution is 0.364. The average molecular weight is 296 g/mol. The average Bonchev–Trinajstić information content (AvgIpc) is 2.83. The van der Waals surface area contributed by atoms with Gasteiger partial charge in [-0.05, 0) is 36.1 Å². The predicted octanol–water partition coefficient (Wildman–Crippen LogP) is 6.18. The van der Waals surface area contributed by atoms with Gasteiger partial charge in [0.1, 0.15) is 0 Å². The summed E-state index contributed by atoms with van der Waals surface area (Å²) < 4.78 is 0. The first-order valence-electron chi connectivity index (χ1n) is 9.63. The van der Waals surface area contributed by atoms with Crippen LogP contribution in [0.2, 0.25) is 0 Å². The van der Waals surface area contributed by atoms with Gasteiger partial charge in [0, 0.05) is 6.04 Å². The Labute approximate surface area is 134 Å². The van der Waals surface area contributed by atoms with E-state index in [0.717, 1.165) is 12.0 Å². The summed E-state index contributed by atoms with van der Waals surface area (Å²) in [6.45, 7) is 15.6. The molecule has 1 atom stereocenters. The summed E-state index contributed by atoms with van der Waals surface area (Å²) in [7, 11) is 0. The zero-order valence-electron chi connectivity index (χ0n) is 15.7. The molecule has 0 spiro atoms. The second-order valence-electron chi connectivity index (χ2n) is 8.39. The van der Waals surface area contributed by atoms with E-state index >= 15 is 0 Å². The van der Waals surface area contributed by atoms with Crippen LogP contribution in [0, 0.1) is 16.7 Å². The van der Waals surface area contributed by atoms with Crippen molar-refractivity contribution in [2.75, 3.05) is 6.54 Å². The zero-order chi connectivity index (χ0) is 15.9. The summed E-state index contributed by atoms with van der Waals surface area (Å²) in [5.41, 5.74) is 1.03. The molecule has 1 saturated carbocycles. The molecule has 1 nitrogen and oxygen atoms in total. The van der Waals surface area contributed by atoms with Crippen LogP contribution in [0.3, 0.4) is 0 Å². The Morgan fingerprint density at radius 3 is 1.76 bits per heavy atom. The van der Waals surface area contributed by atoms with Crippen molar-refractivity contribution < 1.29 is 0 Å². The first kappa shape index (κ1) is 19.0. The van der Waals surface area contributed by atoms with E-state index in [4.69, 9.17) is 0 Å². The Morgan fingerprint density at radius 1 is 0.762 bits per heavy atom. The van der Waals surface area contributed by atoms with Crippen LogP contribution in [0.25, 0.3) is 0 Å². The second-order valence-corrected chi connectivity index (χ2v) is 8.39. The molecule has 0 aliphatic heterocycles. The minimum atomic E-state index is 0.513. The molecule has 0 heterocycles. The Bertz CT molecular complexity index is 266. The third-order valence-corrected chi connectivity index (χ3v) is 6.31. The first-order chi connectivity index (χ1) is 9.89. The molecule has 0 aromatic carbocycles. The van der Waals surface area contributed by atoms with Crippen LogP contribution in [0.4, 0.5) is 0 Å². The van der Waals surface area contributed by atoms with Crippen LogP contribution in [0.1, 0.15) is 99.3 Å². The molecule has 1 aliphatic rings. The van der Waals surface area contributed by atoms with Crippen LogP contribution in [0.5, 0.6) is 0 Å². The van der Waals surface area contributed by atoms with Crippen LogP contribution in [0.15, 0.2) is 0 Å². The monoisotopic (exact) mass is 295 g/mol. The minimum Gasteiger partial charge on any atom is -0.314 e. The molecule has 1 aliphatic carbocycles. The largest absolute Gasteiger partial charge is 0.314 e. The lowest BCUT2D eigenvalue weighted by Gasteiger charge is -2.21. The van der Waals surface area contributed by atoms with Gasteiger partial charge in [-0.15, -0.1) is 0 Å². The molecule has 1 rings (SSSR count). The van der Waals surface area contributed by atoms with Gasteiger partial charge in [0.25, 0.3) is 0 Å². The molecule has 0 aromatic heterocycles. The Hall–Kier alpha value is -0.0400. The highest BCUT2D eigenvalue weighted by Gasteiger charge is 2.66. The van der Waals surface area contributed by atoms with Crippen molar-refractivity contribution in [2.45, 2.75) is 105 Å². The van der Waals surface area contributed by atoms with Gasteiger partial charge in [0.05, 0.1) is 0 Å². The van der Waals surface area contributed by atoms with Gasteiger partial charge in [-0.3, -0.25) is 0 Å². The third-order valence-electron chi connectivity index (χ3n) is 6.31. The van der Waals surface area contributed by atoms with Gasteiger partial charge in [-0.25, -0.2) is 0 Å². The van der Waals surface area contributed by atoms with Crippen molar-refractivity contribution in [1.29, 1.82) is 0 Å². The van der Waals surface area contributed by atoms with Gasteiger partial charge >= 0.3 is 0 Å². The number of unbranched alkanes of at least 4 members (excludes halogenated alkanes) is 6. The highest BCUT2D eigenvalue weighted by atomic mass is 15.0. The van der Waals surface area contributed by atoms with E-state index in [-0.39, 0.29) is 0 Å². The van der Waals surface area contributed by atoms with Crippen molar-refractivity contribution in [3.05, 3.63) is 0 Å². The molecule has 126 valence electrons. The van der Waals surface area contributed by atoms with Gasteiger partial charge in [0.15, 0.2) is 0 Å². The number of nitrogens with one attached hydrogen (secondary N) is 1. The second kappa shape index (κ2) is 8.56. The molecule has 0 radical (unpaired) electrons. The molecular weight excluding hydrogens is 254 g/mol. The zero-order valence-corrected chi connectivity index (χ0v) is 15.7. The summed E-state index contributed by atoms with van der Waals surface area (Å²) in [5, 5.41) is 3.85. The van der Waals surface area contributed by atoms with Gasteiger partial charge < -0.3 is 5.32 Å². The molecule has 1 fully saturated rings. The first-order valence-corrected chi connectivity index (χ1v) is 9.63. The maximum absolute atomic E-state index is 3.85. The van der Waals surface area contributed by atoms with E-state index in [1.807, 2.05) is 0 Å². The molecular formula is C20H41N. The van der Waals surface area contributed by atoms with Crippen molar-refractivity contribution in [3.8, 4) is 0 Å². The summed E-state index contributed by atoms with van der Waals surface area (Å²) in [6.07, 6.45) is 12.6. The highest BCUT2D eigenvalue weighted by molar-refractivity contribution is 5.16. The standard InChI is InChI=1S/C20H41N/c1-7-9-10-11-12-13-14-15-17(21-16-8-2)18-19(3,4)20(18,5)6/h17-18,21H,7-16H2,1-6H3. The predicted molar refractivity (Wildman–Crippen MR) is 95.7 cm³/mol. The molecule has 0 aromatic rings. The normalized spacial score (nSPS) is 21.4. The van der Waals surface area contributed by atoms with Gasteiger partial charge in [-0.2, -0.15) is 0 Å².